The predicted molar refractivity (Wildman–Crippen MR) is 81.2 cm³/mol. The summed E-state index contributed by atoms with van der Waals surface area (Å²) in [6, 6.07) is 3.15. The second-order valence-corrected chi connectivity index (χ2v) is 6.86. The van der Waals surface area contributed by atoms with Crippen LogP contribution in [0.3, 0.4) is 0 Å². The number of aliphatic hydroxyl groups excluding tert-OH is 1. The number of nitrogens with zero attached hydrogens (tertiary/aromatic N) is 2. The maximum absolute atomic E-state index is 10.3. The zero-order valence-corrected chi connectivity index (χ0v) is 13.1. The molecule has 3 nitrogen and oxygen atoms in total. The van der Waals surface area contributed by atoms with Crippen molar-refractivity contribution in [2.45, 2.75) is 82.9 Å². The molecule has 0 aliphatic heterocycles. The van der Waals surface area contributed by atoms with Crippen molar-refractivity contribution in [2.75, 3.05) is 7.05 Å². The lowest BCUT2D eigenvalue weighted by Crippen LogP contribution is -2.52. The first kappa shape index (κ1) is 15.8. The molecular formula is C17H30N2O. The van der Waals surface area contributed by atoms with Crippen molar-refractivity contribution in [2.24, 2.45) is 11.8 Å². The first-order valence-corrected chi connectivity index (χ1v) is 8.47. The summed E-state index contributed by atoms with van der Waals surface area (Å²) in [5, 5.41) is 19.7. The van der Waals surface area contributed by atoms with Gasteiger partial charge in [-0.2, -0.15) is 5.26 Å². The van der Waals surface area contributed by atoms with E-state index in [2.05, 4.69) is 24.9 Å². The maximum atomic E-state index is 10.3. The molecule has 5 unspecified atom stereocenters. The van der Waals surface area contributed by atoms with Crippen LogP contribution in [0.4, 0.5) is 0 Å². The Balaban J connectivity index is 2.03. The Kier molecular flexibility index (Phi) is 5.86. The van der Waals surface area contributed by atoms with Gasteiger partial charge in [-0.05, 0) is 45.1 Å². The normalized spacial score (nSPS) is 38.6. The SMILES string of the molecule is CCCC1CCC(C#N)C(N(C)C2CCCCC2O)C1. The Morgan fingerprint density at radius 1 is 1.15 bits per heavy atom. The van der Waals surface area contributed by atoms with E-state index in [1.165, 1.54) is 25.7 Å². The number of aliphatic hydroxyl groups is 1. The number of hydrogen-bond donors (Lipinski definition) is 1. The van der Waals surface area contributed by atoms with Crippen LogP contribution in [0.25, 0.3) is 0 Å². The lowest BCUT2D eigenvalue weighted by atomic mass is 9.75. The zero-order valence-electron chi connectivity index (χ0n) is 13.1. The molecule has 0 amide bonds. The Labute approximate surface area is 124 Å². The predicted octanol–water partition coefficient (Wildman–Crippen LogP) is 3.33. The van der Waals surface area contributed by atoms with Crippen LogP contribution in [0.5, 0.6) is 0 Å². The van der Waals surface area contributed by atoms with E-state index in [1.807, 2.05) is 0 Å². The zero-order chi connectivity index (χ0) is 14.5. The van der Waals surface area contributed by atoms with Gasteiger partial charge in [-0.3, -0.25) is 4.90 Å². The van der Waals surface area contributed by atoms with Crippen LogP contribution in [0.1, 0.15) is 64.7 Å². The molecular weight excluding hydrogens is 248 g/mol. The van der Waals surface area contributed by atoms with Gasteiger partial charge in [-0.25, -0.2) is 0 Å². The van der Waals surface area contributed by atoms with Gasteiger partial charge in [-0.1, -0.05) is 32.6 Å². The van der Waals surface area contributed by atoms with Gasteiger partial charge in [0, 0.05) is 12.1 Å². The Morgan fingerprint density at radius 3 is 2.55 bits per heavy atom. The van der Waals surface area contributed by atoms with Gasteiger partial charge >= 0.3 is 0 Å². The highest BCUT2D eigenvalue weighted by Crippen LogP contribution is 2.36. The van der Waals surface area contributed by atoms with Crippen LogP contribution >= 0.6 is 0 Å². The lowest BCUT2D eigenvalue weighted by molar-refractivity contribution is -0.00998. The molecule has 20 heavy (non-hydrogen) atoms. The van der Waals surface area contributed by atoms with E-state index in [-0.39, 0.29) is 18.1 Å². The first-order valence-electron chi connectivity index (χ1n) is 8.47. The Bertz CT molecular complexity index is 338. The Hall–Kier alpha value is -0.590. The number of likely N-dealkylation sites (N-methyl/N-ethyl adjacent to an activating group) is 1. The average molecular weight is 278 g/mol. The fourth-order valence-corrected chi connectivity index (χ4v) is 4.32. The molecule has 0 aromatic rings. The molecule has 2 fully saturated rings. The minimum absolute atomic E-state index is 0.155. The van der Waals surface area contributed by atoms with E-state index in [9.17, 15) is 10.4 Å². The molecule has 2 aliphatic carbocycles. The molecule has 0 bridgehead atoms. The summed E-state index contributed by atoms with van der Waals surface area (Å²) in [6.07, 6.45) is 10.1. The molecule has 2 aliphatic rings. The lowest BCUT2D eigenvalue weighted by Gasteiger charge is -2.44. The molecule has 0 heterocycles. The standard InChI is InChI=1S/C17H30N2O/c1-3-6-13-9-10-14(12-18)16(11-13)19(2)15-7-4-5-8-17(15)20/h13-17,20H,3-11H2,1-2H3. The summed E-state index contributed by atoms with van der Waals surface area (Å²) in [7, 11) is 2.14. The van der Waals surface area contributed by atoms with E-state index in [0.717, 1.165) is 38.0 Å². The summed E-state index contributed by atoms with van der Waals surface area (Å²) in [5.41, 5.74) is 0. The van der Waals surface area contributed by atoms with Gasteiger partial charge in [0.1, 0.15) is 0 Å². The van der Waals surface area contributed by atoms with Gasteiger partial charge in [0.15, 0.2) is 0 Å². The number of hydrogen-bond acceptors (Lipinski definition) is 3. The molecule has 0 aromatic carbocycles. The van der Waals surface area contributed by atoms with Crippen molar-refractivity contribution in [3.8, 4) is 6.07 Å². The van der Waals surface area contributed by atoms with E-state index < -0.39 is 0 Å². The molecule has 114 valence electrons. The van der Waals surface area contributed by atoms with Crippen molar-refractivity contribution in [3.63, 3.8) is 0 Å². The third-order valence-electron chi connectivity index (χ3n) is 5.53. The molecule has 3 heteroatoms. The number of rotatable bonds is 4. The minimum atomic E-state index is -0.195. The van der Waals surface area contributed by atoms with Crippen molar-refractivity contribution in [1.29, 1.82) is 5.26 Å². The third kappa shape index (κ3) is 3.54. The fourth-order valence-electron chi connectivity index (χ4n) is 4.32. The highest BCUT2D eigenvalue weighted by atomic mass is 16.3. The van der Waals surface area contributed by atoms with Crippen LogP contribution in [0.2, 0.25) is 0 Å². The average Bonchev–Trinajstić information content (AvgIpc) is 2.47. The molecule has 0 radical (unpaired) electrons. The quantitative estimate of drug-likeness (QED) is 0.858. The van der Waals surface area contributed by atoms with Crippen LogP contribution in [-0.4, -0.2) is 35.2 Å². The highest BCUT2D eigenvalue weighted by molar-refractivity contribution is 4.99. The van der Waals surface area contributed by atoms with Crippen LogP contribution in [-0.2, 0) is 0 Å². The van der Waals surface area contributed by atoms with Gasteiger partial charge < -0.3 is 5.11 Å². The fraction of sp³-hybridized carbons (Fsp3) is 0.941. The number of nitriles is 1. The van der Waals surface area contributed by atoms with Crippen molar-refractivity contribution in [3.05, 3.63) is 0 Å². The summed E-state index contributed by atoms with van der Waals surface area (Å²) >= 11 is 0. The molecule has 2 saturated carbocycles. The molecule has 0 saturated heterocycles. The van der Waals surface area contributed by atoms with E-state index in [4.69, 9.17) is 0 Å². The summed E-state index contributed by atoms with van der Waals surface area (Å²) in [4.78, 5) is 2.36. The maximum Gasteiger partial charge on any atom is 0.0695 e. The third-order valence-corrected chi connectivity index (χ3v) is 5.53. The van der Waals surface area contributed by atoms with Crippen LogP contribution < -0.4 is 0 Å². The van der Waals surface area contributed by atoms with E-state index in [1.54, 1.807) is 0 Å². The summed E-state index contributed by atoms with van der Waals surface area (Å²) in [5.74, 6) is 0.931. The second kappa shape index (κ2) is 7.43. The molecule has 5 atom stereocenters. The van der Waals surface area contributed by atoms with Crippen molar-refractivity contribution < 1.29 is 5.11 Å². The monoisotopic (exact) mass is 278 g/mol. The summed E-state index contributed by atoms with van der Waals surface area (Å²) < 4.78 is 0. The topological polar surface area (TPSA) is 47.3 Å². The molecule has 1 N–H and O–H groups in total. The first-order chi connectivity index (χ1) is 9.67. The van der Waals surface area contributed by atoms with Crippen LogP contribution in [0.15, 0.2) is 0 Å². The van der Waals surface area contributed by atoms with E-state index in [0.29, 0.717) is 6.04 Å². The van der Waals surface area contributed by atoms with Gasteiger partial charge in [0.05, 0.1) is 18.1 Å². The minimum Gasteiger partial charge on any atom is -0.391 e. The second-order valence-electron chi connectivity index (χ2n) is 6.86. The van der Waals surface area contributed by atoms with Crippen molar-refractivity contribution >= 4 is 0 Å². The smallest absolute Gasteiger partial charge is 0.0695 e. The largest absolute Gasteiger partial charge is 0.391 e. The summed E-state index contributed by atoms with van der Waals surface area (Å²) in [6.45, 7) is 2.25. The van der Waals surface area contributed by atoms with Crippen LogP contribution in [0, 0.1) is 23.2 Å². The molecule has 0 spiro atoms. The van der Waals surface area contributed by atoms with E-state index >= 15 is 0 Å². The van der Waals surface area contributed by atoms with Gasteiger partial charge in [0.2, 0.25) is 0 Å². The molecule has 2 rings (SSSR count). The van der Waals surface area contributed by atoms with Gasteiger partial charge in [-0.15, -0.1) is 0 Å². The van der Waals surface area contributed by atoms with Crippen molar-refractivity contribution in [1.82, 2.24) is 4.90 Å². The molecule has 0 aromatic heterocycles. The van der Waals surface area contributed by atoms with Gasteiger partial charge in [0.25, 0.3) is 0 Å². The Morgan fingerprint density at radius 2 is 1.90 bits per heavy atom. The highest BCUT2D eigenvalue weighted by Gasteiger charge is 2.37.